The van der Waals surface area contributed by atoms with Gasteiger partial charge in [-0.25, -0.2) is 4.79 Å². The van der Waals surface area contributed by atoms with E-state index in [0.717, 1.165) is 58.4 Å². The molecule has 9 heteroatoms. The van der Waals surface area contributed by atoms with Crippen molar-refractivity contribution in [3.05, 3.63) is 10.5 Å². The Hall–Kier alpha value is -2.13. The third-order valence-corrected chi connectivity index (χ3v) is 5.14. The average Bonchev–Trinajstić information content (AvgIpc) is 2.99. The summed E-state index contributed by atoms with van der Waals surface area (Å²) in [6.45, 7) is 8.18. The average molecular weight is 393 g/mol. The molecule has 1 fully saturated rings. The number of anilines is 1. The lowest BCUT2D eigenvalue weighted by Crippen LogP contribution is -2.29. The van der Waals surface area contributed by atoms with Crippen LogP contribution in [-0.4, -0.2) is 51.9 Å². The molecule has 0 aliphatic carbocycles. The van der Waals surface area contributed by atoms with Crippen molar-refractivity contribution in [1.29, 1.82) is 0 Å². The number of aromatic amines is 1. The number of rotatable bonds is 10. The van der Waals surface area contributed by atoms with Gasteiger partial charge in [0.15, 0.2) is 11.5 Å². The van der Waals surface area contributed by atoms with Gasteiger partial charge in [0, 0.05) is 19.8 Å². The second-order valence-corrected chi connectivity index (χ2v) is 7.50. The summed E-state index contributed by atoms with van der Waals surface area (Å²) in [7, 11) is 0. The van der Waals surface area contributed by atoms with E-state index in [9.17, 15) is 4.79 Å². The number of aryl methyl sites for hydroxylation is 1. The van der Waals surface area contributed by atoms with Crippen LogP contribution in [0.3, 0.4) is 0 Å². The molecule has 0 radical (unpaired) electrons. The standard InChI is InChI=1S/C19H32N6O3/c1-3-5-13(2)28-18-23-16(20)15-17(24-18)25(19(26)22-15)9-4-8-21-12-14-6-10-27-11-7-14/h13-14,21H,3-12H2,1-2H3,(H,22,26)(H2,20,23,24)/t13-/m0/s1. The first-order valence-electron chi connectivity index (χ1n) is 10.3. The molecule has 1 aliphatic heterocycles. The highest BCUT2D eigenvalue weighted by molar-refractivity contribution is 5.81. The second-order valence-electron chi connectivity index (χ2n) is 7.50. The molecule has 1 aliphatic rings. The van der Waals surface area contributed by atoms with Crippen molar-refractivity contribution in [2.75, 3.05) is 32.0 Å². The molecular formula is C19H32N6O3. The van der Waals surface area contributed by atoms with Crippen LogP contribution in [0.2, 0.25) is 0 Å². The Morgan fingerprint density at radius 2 is 2.18 bits per heavy atom. The molecule has 1 saturated heterocycles. The Morgan fingerprint density at radius 3 is 2.93 bits per heavy atom. The zero-order valence-corrected chi connectivity index (χ0v) is 16.9. The van der Waals surface area contributed by atoms with E-state index in [1.54, 1.807) is 4.57 Å². The lowest BCUT2D eigenvalue weighted by atomic mass is 10.0. The fraction of sp³-hybridized carbons (Fsp3) is 0.737. The van der Waals surface area contributed by atoms with Gasteiger partial charge in [0.1, 0.15) is 5.52 Å². The van der Waals surface area contributed by atoms with E-state index < -0.39 is 0 Å². The highest BCUT2D eigenvalue weighted by Crippen LogP contribution is 2.19. The minimum atomic E-state index is -0.223. The van der Waals surface area contributed by atoms with Crippen molar-refractivity contribution in [2.24, 2.45) is 5.92 Å². The molecule has 0 saturated carbocycles. The fourth-order valence-electron chi connectivity index (χ4n) is 3.56. The number of nitrogen functional groups attached to an aromatic ring is 1. The van der Waals surface area contributed by atoms with Gasteiger partial charge in [0.25, 0.3) is 0 Å². The highest BCUT2D eigenvalue weighted by Gasteiger charge is 2.16. The van der Waals surface area contributed by atoms with Gasteiger partial charge in [-0.2, -0.15) is 9.97 Å². The van der Waals surface area contributed by atoms with E-state index in [-0.39, 0.29) is 23.6 Å². The molecule has 3 rings (SSSR count). The van der Waals surface area contributed by atoms with E-state index in [4.69, 9.17) is 15.2 Å². The van der Waals surface area contributed by atoms with Crippen LogP contribution in [0, 0.1) is 5.92 Å². The molecule has 4 N–H and O–H groups in total. The van der Waals surface area contributed by atoms with E-state index in [1.807, 2.05) is 6.92 Å². The van der Waals surface area contributed by atoms with E-state index >= 15 is 0 Å². The number of nitrogens with zero attached hydrogens (tertiary/aromatic N) is 3. The summed E-state index contributed by atoms with van der Waals surface area (Å²) in [5, 5.41) is 3.48. The Balaban J connectivity index is 1.60. The van der Waals surface area contributed by atoms with Crippen molar-refractivity contribution in [1.82, 2.24) is 24.8 Å². The first-order chi connectivity index (χ1) is 13.6. The minimum absolute atomic E-state index is 0.00430. The minimum Gasteiger partial charge on any atom is -0.460 e. The van der Waals surface area contributed by atoms with Gasteiger partial charge in [-0.15, -0.1) is 0 Å². The fourth-order valence-corrected chi connectivity index (χ4v) is 3.56. The summed E-state index contributed by atoms with van der Waals surface area (Å²) < 4.78 is 12.8. The van der Waals surface area contributed by atoms with Crippen molar-refractivity contribution in [3.8, 4) is 6.01 Å². The lowest BCUT2D eigenvalue weighted by Gasteiger charge is -2.22. The largest absolute Gasteiger partial charge is 0.460 e. The smallest absolute Gasteiger partial charge is 0.327 e. The maximum absolute atomic E-state index is 12.3. The van der Waals surface area contributed by atoms with Gasteiger partial charge >= 0.3 is 11.7 Å². The summed E-state index contributed by atoms with van der Waals surface area (Å²) in [6, 6.07) is 0.219. The van der Waals surface area contributed by atoms with Gasteiger partial charge in [-0.1, -0.05) is 13.3 Å². The normalized spacial score (nSPS) is 16.5. The van der Waals surface area contributed by atoms with Crippen molar-refractivity contribution >= 4 is 17.0 Å². The molecule has 28 heavy (non-hydrogen) atoms. The van der Waals surface area contributed by atoms with Gasteiger partial charge in [0.05, 0.1) is 6.10 Å². The van der Waals surface area contributed by atoms with Crippen molar-refractivity contribution in [3.63, 3.8) is 0 Å². The maximum Gasteiger partial charge on any atom is 0.327 e. The van der Waals surface area contributed by atoms with Crippen LogP contribution >= 0.6 is 0 Å². The number of hydrogen-bond acceptors (Lipinski definition) is 7. The Morgan fingerprint density at radius 1 is 1.39 bits per heavy atom. The summed E-state index contributed by atoms with van der Waals surface area (Å²) >= 11 is 0. The van der Waals surface area contributed by atoms with Crippen LogP contribution < -0.4 is 21.5 Å². The second kappa shape index (κ2) is 9.88. The number of hydrogen-bond donors (Lipinski definition) is 3. The topological polar surface area (TPSA) is 120 Å². The summed E-state index contributed by atoms with van der Waals surface area (Å²) in [6.07, 6.45) is 4.96. The molecule has 2 aromatic heterocycles. The molecule has 0 spiro atoms. The number of nitrogens with two attached hydrogens (primary N) is 1. The zero-order chi connectivity index (χ0) is 19.9. The molecule has 3 heterocycles. The molecule has 0 bridgehead atoms. The Labute approximate surface area is 165 Å². The summed E-state index contributed by atoms with van der Waals surface area (Å²) in [4.78, 5) is 23.7. The third-order valence-electron chi connectivity index (χ3n) is 5.14. The SMILES string of the molecule is CCC[C@H](C)Oc1nc(N)c2[nH]c(=O)n(CCCNCC3CCOCC3)c2n1. The Kier molecular flexibility index (Phi) is 7.27. The Bertz CT molecular complexity index is 812. The van der Waals surface area contributed by atoms with Gasteiger partial charge < -0.3 is 25.5 Å². The number of H-pyrrole nitrogens is 1. The number of ether oxygens (including phenoxy) is 2. The first-order valence-corrected chi connectivity index (χ1v) is 10.3. The molecule has 0 aromatic carbocycles. The molecule has 2 aromatic rings. The highest BCUT2D eigenvalue weighted by atomic mass is 16.5. The van der Waals surface area contributed by atoms with E-state index in [1.165, 1.54) is 0 Å². The lowest BCUT2D eigenvalue weighted by molar-refractivity contribution is 0.0663. The third kappa shape index (κ3) is 5.23. The molecule has 156 valence electrons. The van der Waals surface area contributed by atoms with Crippen molar-refractivity contribution in [2.45, 2.75) is 58.6 Å². The molecule has 1 atom stereocenters. The van der Waals surface area contributed by atoms with Crippen LogP contribution in [0.1, 0.15) is 46.0 Å². The summed E-state index contributed by atoms with van der Waals surface area (Å²) in [5.41, 5.74) is 6.76. The monoisotopic (exact) mass is 392 g/mol. The predicted octanol–water partition coefficient (Wildman–Crippen LogP) is 1.68. The zero-order valence-electron chi connectivity index (χ0n) is 16.9. The van der Waals surface area contributed by atoms with Gasteiger partial charge in [-0.05, 0) is 51.6 Å². The number of aromatic nitrogens is 4. The predicted molar refractivity (Wildman–Crippen MR) is 109 cm³/mol. The quantitative estimate of drug-likeness (QED) is 0.526. The molecule has 0 amide bonds. The van der Waals surface area contributed by atoms with Gasteiger partial charge in [-0.3, -0.25) is 4.57 Å². The van der Waals surface area contributed by atoms with Crippen LogP contribution in [0.4, 0.5) is 5.82 Å². The van der Waals surface area contributed by atoms with Crippen LogP contribution in [-0.2, 0) is 11.3 Å². The van der Waals surface area contributed by atoms with Crippen LogP contribution in [0.15, 0.2) is 4.79 Å². The molecule has 9 nitrogen and oxygen atoms in total. The number of fused-ring (bicyclic) bond motifs is 1. The van der Waals surface area contributed by atoms with Crippen LogP contribution in [0.25, 0.3) is 11.2 Å². The van der Waals surface area contributed by atoms with Crippen LogP contribution in [0.5, 0.6) is 6.01 Å². The first kappa shape index (κ1) is 20.6. The summed E-state index contributed by atoms with van der Waals surface area (Å²) in [5.74, 6) is 0.916. The van der Waals surface area contributed by atoms with Crippen molar-refractivity contribution < 1.29 is 9.47 Å². The molecular weight excluding hydrogens is 360 g/mol. The number of nitrogens with one attached hydrogen (secondary N) is 2. The maximum atomic E-state index is 12.3. The van der Waals surface area contributed by atoms with E-state index in [2.05, 4.69) is 27.2 Å². The number of imidazole rings is 1. The van der Waals surface area contributed by atoms with Gasteiger partial charge in [0.2, 0.25) is 0 Å². The molecule has 0 unspecified atom stereocenters. The van der Waals surface area contributed by atoms with E-state index in [0.29, 0.717) is 23.6 Å².